The van der Waals surface area contributed by atoms with Crippen molar-refractivity contribution in [2.75, 3.05) is 6.61 Å². The molecule has 0 aromatic heterocycles. The number of nitrogens with two attached hydrogens (primary N) is 1. The zero-order valence-corrected chi connectivity index (χ0v) is 11.6. The van der Waals surface area contributed by atoms with Gasteiger partial charge in [-0.25, -0.2) is 0 Å². The minimum Gasteiger partial charge on any atom is -0.490 e. The molecule has 0 bridgehead atoms. The van der Waals surface area contributed by atoms with E-state index in [-0.39, 0.29) is 6.04 Å². The van der Waals surface area contributed by atoms with E-state index in [2.05, 4.69) is 6.92 Å². The maximum Gasteiger partial charge on any atom is 0.124 e. The molecule has 1 aromatic rings. The molecule has 0 fully saturated rings. The van der Waals surface area contributed by atoms with Crippen LogP contribution in [-0.4, -0.2) is 17.3 Å². The zero-order valence-electron chi connectivity index (χ0n) is 11.6. The SMILES string of the molecule is CC[C@@H](N)c1ccccc1OCC(O)(CC)CC. The Bertz CT molecular complexity index is 361. The second kappa shape index (κ2) is 6.76. The van der Waals surface area contributed by atoms with Gasteiger partial charge in [0, 0.05) is 11.6 Å². The number of benzene rings is 1. The number of hydrogen-bond donors (Lipinski definition) is 2. The van der Waals surface area contributed by atoms with E-state index < -0.39 is 5.60 Å². The highest BCUT2D eigenvalue weighted by molar-refractivity contribution is 5.35. The number of para-hydroxylation sites is 1. The third kappa shape index (κ3) is 3.72. The first-order valence-electron chi connectivity index (χ1n) is 6.76. The lowest BCUT2D eigenvalue weighted by atomic mass is 9.99. The summed E-state index contributed by atoms with van der Waals surface area (Å²) >= 11 is 0. The number of aliphatic hydroxyl groups is 1. The van der Waals surface area contributed by atoms with Gasteiger partial charge in [-0.2, -0.15) is 0 Å². The van der Waals surface area contributed by atoms with Crippen LogP contribution in [0.4, 0.5) is 0 Å². The third-order valence-electron chi connectivity index (χ3n) is 3.57. The Morgan fingerprint density at radius 1 is 1.22 bits per heavy atom. The lowest BCUT2D eigenvalue weighted by molar-refractivity contribution is -0.0116. The molecular weight excluding hydrogens is 226 g/mol. The van der Waals surface area contributed by atoms with Crippen molar-refractivity contribution in [2.24, 2.45) is 5.73 Å². The van der Waals surface area contributed by atoms with Crippen LogP contribution in [0.25, 0.3) is 0 Å². The number of hydrogen-bond acceptors (Lipinski definition) is 3. The lowest BCUT2D eigenvalue weighted by Gasteiger charge is -2.26. The predicted molar refractivity (Wildman–Crippen MR) is 74.7 cm³/mol. The highest BCUT2D eigenvalue weighted by Crippen LogP contribution is 2.27. The molecule has 3 heteroatoms. The van der Waals surface area contributed by atoms with Crippen LogP contribution < -0.4 is 10.5 Å². The minimum atomic E-state index is -0.747. The second-order valence-electron chi connectivity index (χ2n) is 4.77. The average Bonchev–Trinajstić information content (AvgIpc) is 2.44. The first kappa shape index (κ1) is 15.0. The Morgan fingerprint density at radius 3 is 2.39 bits per heavy atom. The van der Waals surface area contributed by atoms with Crippen LogP contribution in [0, 0.1) is 0 Å². The Kier molecular flexibility index (Phi) is 5.63. The molecule has 0 radical (unpaired) electrons. The largest absolute Gasteiger partial charge is 0.490 e. The molecule has 0 unspecified atom stereocenters. The van der Waals surface area contributed by atoms with Crippen LogP contribution >= 0.6 is 0 Å². The van der Waals surface area contributed by atoms with Crippen LogP contribution in [0.5, 0.6) is 5.75 Å². The van der Waals surface area contributed by atoms with Gasteiger partial charge in [0.15, 0.2) is 0 Å². The monoisotopic (exact) mass is 251 g/mol. The Hall–Kier alpha value is -1.06. The van der Waals surface area contributed by atoms with Crippen molar-refractivity contribution in [1.29, 1.82) is 0 Å². The Balaban J connectivity index is 2.78. The van der Waals surface area contributed by atoms with E-state index in [1.54, 1.807) is 0 Å². The van der Waals surface area contributed by atoms with Gasteiger partial charge >= 0.3 is 0 Å². The maximum atomic E-state index is 10.2. The molecule has 0 aliphatic heterocycles. The molecule has 1 rings (SSSR count). The van der Waals surface area contributed by atoms with Crippen molar-refractivity contribution in [3.63, 3.8) is 0 Å². The van der Waals surface area contributed by atoms with E-state index in [0.717, 1.165) is 17.7 Å². The molecule has 3 N–H and O–H groups in total. The normalized spacial score (nSPS) is 13.4. The standard InChI is InChI=1S/C15H25NO2/c1-4-13(16)12-9-7-8-10-14(12)18-11-15(17,5-2)6-3/h7-10,13,17H,4-6,11,16H2,1-3H3/t13-/m1/s1. The van der Waals surface area contributed by atoms with E-state index >= 15 is 0 Å². The molecule has 102 valence electrons. The predicted octanol–water partition coefficient (Wildman–Crippen LogP) is 3.03. The van der Waals surface area contributed by atoms with E-state index in [1.165, 1.54) is 0 Å². The van der Waals surface area contributed by atoms with Crippen LogP contribution in [0.3, 0.4) is 0 Å². The summed E-state index contributed by atoms with van der Waals surface area (Å²) in [5.41, 5.74) is 6.32. The molecule has 0 saturated heterocycles. The van der Waals surface area contributed by atoms with Crippen LogP contribution in [0.15, 0.2) is 24.3 Å². The van der Waals surface area contributed by atoms with Crippen molar-refractivity contribution in [3.8, 4) is 5.75 Å². The molecular formula is C15H25NO2. The topological polar surface area (TPSA) is 55.5 Å². The van der Waals surface area contributed by atoms with Crippen molar-refractivity contribution in [2.45, 2.75) is 51.7 Å². The summed E-state index contributed by atoms with van der Waals surface area (Å²) in [6, 6.07) is 7.77. The maximum absolute atomic E-state index is 10.2. The molecule has 0 heterocycles. The second-order valence-corrected chi connectivity index (χ2v) is 4.77. The van der Waals surface area contributed by atoms with Gasteiger partial charge in [0.05, 0.1) is 5.60 Å². The molecule has 0 saturated carbocycles. The van der Waals surface area contributed by atoms with Gasteiger partial charge in [0.1, 0.15) is 12.4 Å². The summed E-state index contributed by atoms with van der Waals surface area (Å²) in [6.45, 7) is 6.30. The summed E-state index contributed by atoms with van der Waals surface area (Å²) in [5, 5.41) is 10.2. The van der Waals surface area contributed by atoms with E-state index in [0.29, 0.717) is 19.4 Å². The number of rotatable bonds is 7. The van der Waals surface area contributed by atoms with Crippen molar-refractivity contribution in [3.05, 3.63) is 29.8 Å². The highest BCUT2D eigenvalue weighted by atomic mass is 16.5. The van der Waals surface area contributed by atoms with Gasteiger partial charge in [0.25, 0.3) is 0 Å². The van der Waals surface area contributed by atoms with E-state index in [4.69, 9.17) is 10.5 Å². The summed E-state index contributed by atoms with van der Waals surface area (Å²) in [6.07, 6.45) is 2.24. The van der Waals surface area contributed by atoms with Gasteiger partial charge in [-0.3, -0.25) is 0 Å². The Morgan fingerprint density at radius 2 is 1.83 bits per heavy atom. The molecule has 1 atom stereocenters. The van der Waals surface area contributed by atoms with Crippen LogP contribution in [0.2, 0.25) is 0 Å². The number of ether oxygens (including phenoxy) is 1. The van der Waals surface area contributed by atoms with Crippen molar-refractivity contribution >= 4 is 0 Å². The summed E-state index contributed by atoms with van der Waals surface area (Å²) < 4.78 is 5.78. The first-order valence-corrected chi connectivity index (χ1v) is 6.76. The van der Waals surface area contributed by atoms with Gasteiger partial charge in [0.2, 0.25) is 0 Å². The van der Waals surface area contributed by atoms with Crippen molar-refractivity contribution < 1.29 is 9.84 Å². The average molecular weight is 251 g/mol. The summed E-state index contributed by atoms with van der Waals surface area (Å²) in [5.74, 6) is 0.784. The van der Waals surface area contributed by atoms with Crippen molar-refractivity contribution in [1.82, 2.24) is 0 Å². The lowest BCUT2D eigenvalue weighted by Crippen LogP contribution is -2.34. The van der Waals surface area contributed by atoms with Gasteiger partial charge in [-0.1, -0.05) is 39.0 Å². The molecule has 1 aromatic carbocycles. The smallest absolute Gasteiger partial charge is 0.124 e. The molecule has 0 aliphatic carbocycles. The molecule has 0 spiro atoms. The highest BCUT2D eigenvalue weighted by Gasteiger charge is 2.23. The van der Waals surface area contributed by atoms with E-state index in [1.807, 2.05) is 38.1 Å². The molecule has 0 aliphatic rings. The Labute approximate surface area is 110 Å². The summed E-state index contributed by atoms with van der Waals surface area (Å²) in [7, 11) is 0. The fraction of sp³-hybridized carbons (Fsp3) is 0.600. The fourth-order valence-corrected chi connectivity index (χ4v) is 1.80. The molecule has 3 nitrogen and oxygen atoms in total. The van der Waals surface area contributed by atoms with Gasteiger partial charge in [-0.05, 0) is 25.3 Å². The summed E-state index contributed by atoms with van der Waals surface area (Å²) in [4.78, 5) is 0. The molecule has 0 amide bonds. The zero-order chi connectivity index (χ0) is 13.6. The van der Waals surface area contributed by atoms with Crippen LogP contribution in [-0.2, 0) is 0 Å². The van der Waals surface area contributed by atoms with Crippen LogP contribution in [0.1, 0.15) is 51.6 Å². The van der Waals surface area contributed by atoms with E-state index in [9.17, 15) is 5.11 Å². The minimum absolute atomic E-state index is 0.0162. The van der Waals surface area contributed by atoms with Gasteiger partial charge < -0.3 is 15.6 Å². The molecule has 18 heavy (non-hydrogen) atoms. The fourth-order valence-electron chi connectivity index (χ4n) is 1.80. The first-order chi connectivity index (χ1) is 8.56. The third-order valence-corrected chi connectivity index (χ3v) is 3.57. The quantitative estimate of drug-likeness (QED) is 0.783. The van der Waals surface area contributed by atoms with Gasteiger partial charge in [-0.15, -0.1) is 0 Å².